The molecule has 0 aliphatic carbocycles. The molecule has 0 saturated carbocycles. The van der Waals surface area contributed by atoms with Crippen molar-refractivity contribution in [2.24, 2.45) is 5.92 Å². The second-order valence-corrected chi connectivity index (χ2v) is 12.9. The molecule has 1 aliphatic rings. The SMILES string of the molecule is C[C@@H]1CN([C@H](C)CO)C(=O)c2cccc(NS(C)(=O)=O)c2O[C@@H]1CN(C)Cc1ccc(C(=O)Nc2ccccc2N)cc1. The van der Waals surface area contributed by atoms with Crippen LogP contribution in [-0.4, -0.2) is 80.3 Å². The van der Waals surface area contributed by atoms with Crippen LogP contribution in [0.4, 0.5) is 17.1 Å². The number of para-hydroxylation sites is 3. The van der Waals surface area contributed by atoms with Crippen molar-refractivity contribution in [3.63, 3.8) is 0 Å². The summed E-state index contributed by atoms with van der Waals surface area (Å²) in [6.45, 7) is 4.87. The van der Waals surface area contributed by atoms with Crippen LogP contribution < -0.4 is 20.5 Å². The highest BCUT2D eigenvalue weighted by Gasteiger charge is 2.34. The quantitative estimate of drug-likeness (QED) is 0.256. The van der Waals surface area contributed by atoms with E-state index in [9.17, 15) is 23.1 Å². The van der Waals surface area contributed by atoms with Crippen LogP contribution in [0, 0.1) is 5.92 Å². The first-order valence-corrected chi connectivity index (χ1v) is 15.9. The van der Waals surface area contributed by atoms with Gasteiger partial charge in [0.05, 0.1) is 41.5 Å². The highest BCUT2D eigenvalue weighted by molar-refractivity contribution is 7.92. The highest BCUT2D eigenvalue weighted by Crippen LogP contribution is 2.35. The lowest BCUT2D eigenvalue weighted by molar-refractivity contribution is 0.0344. The lowest BCUT2D eigenvalue weighted by atomic mass is 9.99. The van der Waals surface area contributed by atoms with E-state index in [0.717, 1.165) is 11.8 Å². The summed E-state index contributed by atoms with van der Waals surface area (Å²) in [7, 11) is -1.71. The summed E-state index contributed by atoms with van der Waals surface area (Å²) in [6, 6.07) is 18.7. The van der Waals surface area contributed by atoms with Crippen molar-refractivity contribution in [3.05, 3.63) is 83.4 Å². The summed E-state index contributed by atoms with van der Waals surface area (Å²) in [5.41, 5.74) is 8.85. The number of hydrogen-bond acceptors (Lipinski definition) is 8. The Hall–Kier alpha value is -4.13. The zero-order chi connectivity index (χ0) is 31.3. The molecule has 3 aromatic rings. The lowest BCUT2D eigenvalue weighted by Gasteiger charge is -2.38. The molecule has 0 spiro atoms. The van der Waals surface area contributed by atoms with E-state index in [2.05, 4.69) is 14.9 Å². The largest absolute Gasteiger partial charge is 0.486 e. The molecule has 2 amide bonds. The molecule has 5 N–H and O–H groups in total. The zero-order valence-electron chi connectivity index (χ0n) is 24.8. The minimum Gasteiger partial charge on any atom is -0.486 e. The maximum atomic E-state index is 13.5. The van der Waals surface area contributed by atoms with Crippen molar-refractivity contribution in [1.82, 2.24) is 9.80 Å². The number of aliphatic hydroxyl groups excluding tert-OH is 1. The number of sulfonamides is 1. The van der Waals surface area contributed by atoms with Gasteiger partial charge in [0.2, 0.25) is 10.0 Å². The number of nitrogen functional groups attached to an aromatic ring is 1. The van der Waals surface area contributed by atoms with Gasteiger partial charge in [-0.2, -0.15) is 0 Å². The lowest BCUT2D eigenvalue weighted by Crippen LogP contribution is -2.49. The van der Waals surface area contributed by atoms with Crippen molar-refractivity contribution >= 4 is 38.9 Å². The predicted octanol–water partition coefficient (Wildman–Crippen LogP) is 3.24. The third kappa shape index (κ3) is 8.04. The van der Waals surface area contributed by atoms with Crippen molar-refractivity contribution in [1.29, 1.82) is 0 Å². The van der Waals surface area contributed by atoms with E-state index in [-0.39, 0.29) is 41.3 Å². The van der Waals surface area contributed by atoms with E-state index < -0.39 is 22.2 Å². The fraction of sp³-hybridized carbons (Fsp3) is 0.355. The second-order valence-electron chi connectivity index (χ2n) is 11.1. The predicted molar refractivity (Wildman–Crippen MR) is 168 cm³/mol. The number of aliphatic hydroxyl groups is 1. The molecule has 11 nitrogen and oxygen atoms in total. The molecule has 3 atom stereocenters. The molecule has 0 radical (unpaired) electrons. The molecule has 4 rings (SSSR count). The summed E-state index contributed by atoms with van der Waals surface area (Å²) in [5.74, 6) is -0.599. The first kappa shape index (κ1) is 31.8. The zero-order valence-corrected chi connectivity index (χ0v) is 25.6. The number of rotatable bonds is 10. The van der Waals surface area contributed by atoms with Crippen LogP contribution in [0.3, 0.4) is 0 Å². The Kier molecular flexibility index (Phi) is 9.95. The van der Waals surface area contributed by atoms with Gasteiger partial charge in [0.15, 0.2) is 5.75 Å². The molecular formula is C31H39N5O6S. The number of likely N-dealkylation sites (N-methyl/N-ethyl adjacent to an activating group) is 1. The number of carbonyl (C=O) groups is 2. The van der Waals surface area contributed by atoms with Gasteiger partial charge in [-0.1, -0.05) is 37.3 Å². The number of amides is 2. The topological polar surface area (TPSA) is 154 Å². The molecule has 1 aliphatic heterocycles. The Labute approximate surface area is 252 Å². The van der Waals surface area contributed by atoms with Crippen molar-refractivity contribution in [2.75, 3.05) is 48.8 Å². The third-order valence-corrected chi connectivity index (χ3v) is 7.95. The molecule has 3 aromatic carbocycles. The maximum Gasteiger partial charge on any atom is 0.258 e. The van der Waals surface area contributed by atoms with Crippen LogP contribution >= 0.6 is 0 Å². The maximum absolute atomic E-state index is 13.5. The Balaban J connectivity index is 1.52. The van der Waals surface area contributed by atoms with E-state index >= 15 is 0 Å². The van der Waals surface area contributed by atoms with Crippen molar-refractivity contribution in [2.45, 2.75) is 32.5 Å². The fourth-order valence-electron chi connectivity index (χ4n) is 4.99. The summed E-state index contributed by atoms with van der Waals surface area (Å²) < 4.78 is 33.1. The molecule has 230 valence electrons. The van der Waals surface area contributed by atoms with Gasteiger partial charge in [-0.25, -0.2) is 8.42 Å². The number of carbonyl (C=O) groups excluding carboxylic acids is 2. The average Bonchev–Trinajstić information content (AvgIpc) is 2.95. The van der Waals surface area contributed by atoms with Crippen molar-refractivity contribution in [3.8, 4) is 5.75 Å². The minimum absolute atomic E-state index is 0.156. The second kappa shape index (κ2) is 13.4. The number of benzene rings is 3. The van der Waals surface area contributed by atoms with Crippen molar-refractivity contribution < 1.29 is 27.9 Å². The minimum atomic E-state index is -3.65. The van der Waals surface area contributed by atoms with Crippen LogP contribution in [0.5, 0.6) is 5.75 Å². The number of nitrogens with zero attached hydrogens (tertiary/aromatic N) is 2. The van der Waals surface area contributed by atoms with Gasteiger partial charge in [-0.05, 0) is 55.9 Å². The number of anilines is 3. The Morgan fingerprint density at radius 1 is 1.12 bits per heavy atom. The molecule has 0 bridgehead atoms. The number of nitrogens with one attached hydrogen (secondary N) is 2. The van der Waals surface area contributed by atoms with Gasteiger partial charge in [-0.3, -0.25) is 19.2 Å². The molecule has 1 heterocycles. The number of ether oxygens (including phenoxy) is 1. The molecule has 0 fully saturated rings. The standard InChI is InChI=1S/C31H39N5O6S/c1-20-16-36(21(2)19-37)31(39)24-8-7-11-27(34-43(4,40)41)29(24)42-28(20)18-35(3)17-22-12-14-23(15-13-22)30(38)33-26-10-6-5-9-25(26)32/h5-15,20-21,28,34,37H,16-19,32H2,1-4H3,(H,33,38)/t20-,21-,28-/m1/s1. The summed E-state index contributed by atoms with van der Waals surface area (Å²) in [6.07, 6.45) is 0.617. The van der Waals surface area contributed by atoms with Crippen LogP contribution in [0.2, 0.25) is 0 Å². The molecule has 0 unspecified atom stereocenters. The van der Waals surface area contributed by atoms with Crippen LogP contribution in [0.15, 0.2) is 66.7 Å². The summed E-state index contributed by atoms with van der Waals surface area (Å²) in [4.78, 5) is 29.9. The van der Waals surface area contributed by atoms with E-state index in [0.29, 0.717) is 36.6 Å². The van der Waals surface area contributed by atoms with E-state index in [1.165, 1.54) is 0 Å². The highest BCUT2D eigenvalue weighted by atomic mass is 32.2. The number of fused-ring (bicyclic) bond motifs is 1. The molecular weight excluding hydrogens is 570 g/mol. The first-order valence-electron chi connectivity index (χ1n) is 14.0. The Morgan fingerprint density at radius 3 is 2.44 bits per heavy atom. The number of hydrogen-bond donors (Lipinski definition) is 4. The number of nitrogens with two attached hydrogens (primary N) is 1. The normalized spacial score (nSPS) is 17.8. The summed E-state index contributed by atoms with van der Waals surface area (Å²) >= 11 is 0. The van der Waals surface area contributed by atoms with E-state index in [1.807, 2.05) is 26.1 Å². The fourth-order valence-corrected chi connectivity index (χ4v) is 5.55. The Morgan fingerprint density at radius 2 is 1.79 bits per heavy atom. The van der Waals surface area contributed by atoms with E-state index in [1.54, 1.807) is 66.4 Å². The molecule has 0 saturated heterocycles. The van der Waals surface area contributed by atoms with Gasteiger partial charge in [0, 0.05) is 31.1 Å². The summed E-state index contributed by atoms with van der Waals surface area (Å²) in [5, 5.41) is 12.7. The molecule has 12 heteroatoms. The average molecular weight is 610 g/mol. The van der Waals surface area contributed by atoms with Crippen LogP contribution in [0.25, 0.3) is 0 Å². The third-order valence-electron chi connectivity index (χ3n) is 7.36. The van der Waals surface area contributed by atoms with Crippen LogP contribution in [0.1, 0.15) is 40.1 Å². The van der Waals surface area contributed by atoms with Crippen LogP contribution in [-0.2, 0) is 16.6 Å². The Bertz CT molecular complexity index is 1560. The monoisotopic (exact) mass is 609 g/mol. The smallest absolute Gasteiger partial charge is 0.258 e. The van der Waals surface area contributed by atoms with E-state index in [4.69, 9.17) is 10.5 Å². The van der Waals surface area contributed by atoms with Gasteiger partial charge < -0.3 is 25.8 Å². The van der Waals surface area contributed by atoms with Gasteiger partial charge in [-0.15, -0.1) is 0 Å². The molecule has 43 heavy (non-hydrogen) atoms. The molecule has 0 aromatic heterocycles. The van der Waals surface area contributed by atoms with Gasteiger partial charge in [0.1, 0.15) is 6.10 Å². The first-order chi connectivity index (χ1) is 20.4. The van der Waals surface area contributed by atoms with Gasteiger partial charge in [0.25, 0.3) is 11.8 Å². The van der Waals surface area contributed by atoms with Gasteiger partial charge >= 0.3 is 0 Å².